The Kier molecular flexibility index (Phi) is 5.16. The van der Waals surface area contributed by atoms with Crippen LogP contribution in [-0.4, -0.2) is 63.3 Å². The Labute approximate surface area is 169 Å². The van der Waals surface area contributed by atoms with Crippen LogP contribution >= 0.6 is 0 Å². The van der Waals surface area contributed by atoms with Crippen molar-refractivity contribution in [2.45, 2.75) is 19.9 Å². The van der Waals surface area contributed by atoms with Gasteiger partial charge in [0.05, 0.1) is 5.52 Å². The van der Waals surface area contributed by atoms with Crippen molar-refractivity contribution in [3.05, 3.63) is 60.3 Å². The summed E-state index contributed by atoms with van der Waals surface area (Å²) in [5, 5.41) is 2.85. The maximum Gasteiger partial charge on any atom is 0.290 e. The summed E-state index contributed by atoms with van der Waals surface area (Å²) in [6, 6.07) is 11.3. The normalized spacial score (nSPS) is 14.4. The van der Waals surface area contributed by atoms with Gasteiger partial charge in [0, 0.05) is 44.6 Å². The molecule has 0 spiro atoms. The molecule has 0 aromatic carbocycles. The highest BCUT2D eigenvalue weighted by atomic mass is 16.2. The summed E-state index contributed by atoms with van der Waals surface area (Å²) >= 11 is 0. The van der Waals surface area contributed by atoms with E-state index in [1.807, 2.05) is 44.2 Å². The van der Waals surface area contributed by atoms with Gasteiger partial charge in [-0.1, -0.05) is 12.1 Å². The molecule has 8 heteroatoms. The molecule has 1 fully saturated rings. The van der Waals surface area contributed by atoms with Crippen LogP contribution in [0.2, 0.25) is 0 Å². The second-order valence-electron chi connectivity index (χ2n) is 7.34. The maximum atomic E-state index is 13.2. The van der Waals surface area contributed by atoms with Crippen molar-refractivity contribution in [1.29, 1.82) is 0 Å². The number of piperazine rings is 1. The van der Waals surface area contributed by atoms with E-state index in [2.05, 4.69) is 20.2 Å². The van der Waals surface area contributed by atoms with Gasteiger partial charge in [0.25, 0.3) is 11.8 Å². The molecule has 2 amide bonds. The van der Waals surface area contributed by atoms with Crippen molar-refractivity contribution in [2.24, 2.45) is 0 Å². The maximum absolute atomic E-state index is 13.2. The zero-order chi connectivity index (χ0) is 20.4. The average Bonchev–Trinajstić information content (AvgIpc) is 3.13. The predicted octanol–water partition coefficient (Wildman–Crippen LogP) is 1.83. The fourth-order valence-electron chi connectivity index (χ4n) is 3.51. The number of carbonyl (C=O) groups excluding carboxylic acids is 2. The molecule has 150 valence electrons. The first kappa shape index (κ1) is 18.9. The first-order valence-electron chi connectivity index (χ1n) is 9.78. The van der Waals surface area contributed by atoms with E-state index in [0.717, 1.165) is 5.82 Å². The molecule has 0 unspecified atom stereocenters. The van der Waals surface area contributed by atoms with Crippen LogP contribution in [0.5, 0.6) is 0 Å². The molecule has 0 bridgehead atoms. The SMILES string of the molecule is CC(C)NC(=O)c1nc(C(=O)N2CCN(c3ccccn3)CC2)n2ccccc12. The number of pyridine rings is 2. The topological polar surface area (TPSA) is 82.8 Å². The molecule has 1 aliphatic rings. The average molecular weight is 392 g/mol. The molecule has 8 nitrogen and oxygen atoms in total. The summed E-state index contributed by atoms with van der Waals surface area (Å²) in [6.45, 7) is 6.33. The standard InChI is InChI=1S/C21H24N6O2/c1-15(2)23-20(28)18-16-7-4-6-10-27(16)19(24-18)21(29)26-13-11-25(12-14-26)17-8-3-5-9-22-17/h3-10,15H,11-14H2,1-2H3,(H,23,28). The number of anilines is 1. The van der Waals surface area contributed by atoms with Crippen molar-refractivity contribution < 1.29 is 9.59 Å². The molecular formula is C21H24N6O2. The van der Waals surface area contributed by atoms with Crippen molar-refractivity contribution in [3.8, 4) is 0 Å². The Balaban J connectivity index is 1.56. The Morgan fingerprint density at radius 3 is 2.48 bits per heavy atom. The van der Waals surface area contributed by atoms with Crippen molar-refractivity contribution in [1.82, 2.24) is 24.6 Å². The summed E-state index contributed by atoms with van der Waals surface area (Å²) in [4.78, 5) is 38.5. The van der Waals surface area contributed by atoms with E-state index in [1.54, 1.807) is 27.8 Å². The lowest BCUT2D eigenvalue weighted by Crippen LogP contribution is -2.49. The molecule has 0 atom stereocenters. The van der Waals surface area contributed by atoms with Crippen LogP contribution in [-0.2, 0) is 0 Å². The van der Waals surface area contributed by atoms with E-state index in [-0.39, 0.29) is 29.4 Å². The molecular weight excluding hydrogens is 368 g/mol. The fourth-order valence-corrected chi connectivity index (χ4v) is 3.51. The summed E-state index contributed by atoms with van der Waals surface area (Å²) in [5.74, 6) is 0.734. The Bertz CT molecular complexity index is 1020. The van der Waals surface area contributed by atoms with Crippen LogP contribution in [0.15, 0.2) is 48.8 Å². The molecule has 4 heterocycles. The molecule has 0 saturated carbocycles. The Hall–Kier alpha value is -3.42. The van der Waals surface area contributed by atoms with Gasteiger partial charge < -0.3 is 15.1 Å². The lowest BCUT2D eigenvalue weighted by molar-refractivity contribution is 0.0733. The third kappa shape index (κ3) is 3.78. The molecule has 0 aliphatic carbocycles. The van der Waals surface area contributed by atoms with Crippen LogP contribution in [0.3, 0.4) is 0 Å². The highest BCUT2D eigenvalue weighted by Crippen LogP contribution is 2.18. The van der Waals surface area contributed by atoms with Crippen molar-refractivity contribution >= 4 is 23.1 Å². The number of aromatic nitrogens is 3. The molecule has 29 heavy (non-hydrogen) atoms. The number of nitrogens with zero attached hydrogens (tertiary/aromatic N) is 5. The zero-order valence-electron chi connectivity index (χ0n) is 16.6. The first-order valence-corrected chi connectivity index (χ1v) is 9.78. The largest absolute Gasteiger partial charge is 0.353 e. The van der Waals surface area contributed by atoms with Crippen molar-refractivity contribution in [2.75, 3.05) is 31.1 Å². The van der Waals surface area contributed by atoms with Gasteiger partial charge in [-0.25, -0.2) is 9.97 Å². The van der Waals surface area contributed by atoms with E-state index in [1.165, 1.54) is 0 Å². The first-order chi connectivity index (χ1) is 14.0. The summed E-state index contributed by atoms with van der Waals surface area (Å²) < 4.78 is 1.70. The third-order valence-corrected chi connectivity index (χ3v) is 4.91. The zero-order valence-corrected chi connectivity index (χ0v) is 16.6. The van der Waals surface area contributed by atoms with E-state index in [4.69, 9.17) is 0 Å². The predicted molar refractivity (Wildman–Crippen MR) is 110 cm³/mol. The number of imidazole rings is 1. The van der Waals surface area contributed by atoms with E-state index < -0.39 is 0 Å². The minimum absolute atomic E-state index is 0.0122. The molecule has 0 radical (unpaired) electrons. The van der Waals surface area contributed by atoms with Crippen LogP contribution < -0.4 is 10.2 Å². The van der Waals surface area contributed by atoms with Crippen LogP contribution in [0.25, 0.3) is 5.52 Å². The molecule has 1 aliphatic heterocycles. The highest BCUT2D eigenvalue weighted by Gasteiger charge is 2.28. The smallest absolute Gasteiger partial charge is 0.290 e. The van der Waals surface area contributed by atoms with Gasteiger partial charge in [0.1, 0.15) is 5.82 Å². The van der Waals surface area contributed by atoms with Gasteiger partial charge in [0.2, 0.25) is 5.82 Å². The Morgan fingerprint density at radius 1 is 1.03 bits per heavy atom. The number of amides is 2. The molecule has 3 aromatic rings. The van der Waals surface area contributed by atoms with E-state index in [9.17, 15) is 9.59 Å². The van der Waals surface area contributed by atoms with Crippen LogP contribution in [0.4, 0.5) is 5.82 Å². The lowest BCUT2D eigenvalue weighted by Gasteiger charge is -2.35. The minimum Gasteiger partial charge on any atom is -0.353 e. The number of hydrogen-bond acceptors (Lipinski definition) is 5. The monoisotopic (exact) mass is 392 g/mol. The number of carbonyl (C=O) groups is 2. The quantitative estimate of drug-likeness (QED) is 0.732. The van der Waals surface area contributed by atoms with Gasteiger partial charge in [0.15, 0.2) is 5.69 Å². The highest BCUT2D eigenvalue weighted by molar-refractivity contribution is 6.02. The molecule has 1 saturated heterocycles. The number of nitrogens with one attached hydrogen (secondary N) is 1. The number of hydrogen-bond donors (Lipinski definition) is 1. The summed E-state index contributed by atoms with van der Waals surface area (Å²) in [7, 11) is 0. The Morgan fingerprint density at radius 2 is 1.79 bits per heavy atom. The van der Waals surface area contributed by atoms with Crippen LogP contribution in [0.1, 0.15) is 35.0 Å². The second-order valence-corrected chi connectivity index (χ2v) is 7.34. The van der Waals surface area contributed by atoms with E-state index >= 15 is 0 Å². The lowest BCUT2D eigenvalue weighted by atomic mass is 10.3. The van der Waals surface area contributed by atoms with Crippen molar-refractivity contribution in [3.63, 3.8) is 0 Å². The van der Waals surface area contributed by atoms with Gasteiger partial charge >= 0.3 is 0 Å². The number of rotatable bonds is 4. The minimum atomic E-state index is -0.275. The van der Waals surface area contributed by atoms with Gasteiger partial charge in [-0.3, -0.25) is 14.0 Å². The molecule has 1 N–H and O–H groups in total. The summed E-state index contributed by atoms with van der Waals surface area (Å²) in [5.41, 5.74) is 0.899. The van der Waals surface area contributed by atoms with E-state index in [0.29, 0.717) is 31.7 Å². The number of fused-ring (bicyclic) bond motifs is 1. The van der Waals surface area contributed by atoms with Gasteiger partial charge in [-0.15, -0.1) is 0 Å². The molecule has 4 rings (SSSR count). The molecule has 3 aromatic heterocycles. The van der Waals surface area contributed by atoms with Gasteiger partial charge in [-0.05, 0) is 38.1 Å². The van der Waals surface area contributed by atoms with Gasteiger partial charge in [-0.2, -0.15) is 0 Å². The second kappa shape index (κ2) is 7.90. The third-order valence-electron chi connectivity index (χ3n) is 4.91. The fraction of sp³-hybridized carbons (Fsp3) is 0.333. The summed E-state index contributed by atoms with van der Waals surface area (Å²) in [6.07, 6.45) is 3.54. The van der Waals surface area contributed by atoms with Crippen LogP contribution in [0, 0.1) is 0 Å².